The summed E-state index contributed by atoms with van der Waals surface area (Å²) in [5.41, 5.74) is 1.16. The van der Waals surface area contributed by atoms with Crippen molar-refractivity contribution in [1.82, 2.24) is 19.7 Å². The topological polar surface area (TPSA) is 64.9 Å². The predicted octanol–water partition coefficient (Wildman–Crippen LogP) is 1.66. The van der Waals surface area contributed by atoms with E-state index < -0.39 is 0 Å². The second-order valence-corrected chi connectivity index (χ2v) is 4.44. The van der Waals surface area contributed by atoms with Gasteiger partial charge in [-0.1, -0.05) is 11.6 Å². The van der Waals surface area contributed by atoms with Gasteiger partial charge in [0.25, 0.3) is 0 Å². The van der Waals surface area contributed by atoms with Gasteiger partial charge in [-0.25, -0.2) is 9.97 Å². The molecule has 6 nitrogen and oxygen atoms in total. The third-order valence-electron chi connectivity index (χ3n) is 2.62. The minimum Gasteiger partial charge on any atom is -0.377 e. The van der Waals surface area contributed by atoms with Gasteiger partial charge in [-0.05, 0) is 6.07 Å². The Labute approximate surface area is 116 Å². The van der Waals surface area contributed by atoms with Gasteiger partial charge in [0.15, 0.2) is 5.82 Å². The van der Waals surface area contributed by atoms with E-state index in [0.29, 0.717) is 23.4 Å². The molecule has 0 atom stereocenters. The molecule has 0 radical (unpaired) electrons. The summed E-state index contributed by atoms with van der Waals surface area (Å²) in [6, 6.07) is 3.69. The van der Waals surface area contributed by atoms with Gasteiger partial charge >= 0.3 is 0 Å². The van der Waals surface area contributed by atoms with Crippen LogP contribution in [0.5, 0.6) is 0 Å². The van der Waals surface area contributed by atoms with Gasteiger partial charge in [0.2, 0.25) is 0 Å². The summed E-state index contributed by atoms with van der Waals surface area (Å²) < 4.78 is 6.85. The van der Waals surface area contributed by atoms with Crippen LogP contribution in [-0.4, -0.2) is 33.4 Å². The second kappa shape index (κ2) is 6.49. The summed E-state index contributed by atoms with van der Waals surface area (Å²) in [4.78, 5) is 8.38. The molecule has 2 aromatic heterocycles. The Morgan fingerprint density at radius 3 is 2.95 bits per heavy atom. The largest absolute Gasteiger partial charge is 0.377 e. The molecule has 0 saturated carbocycles. The molecule has 0 saturated heterocycles. The van der Waals surface area contributed by atoms with Crippen LogP contribution in [0.15, 0.2) is 18.3 Å². The number of halogens is 1. The highest BCUT2D eigenvalue weighted by Gasteiger charge is 2.03. The fraction of sp³-hybridized carbons (Fsp3) is 0.417. The highest BCUT2D eigenvalue weighted by Crippen LogP contribution is 2.12. The van der Waals surface area contributed by atoms with Crippen LogP contribution in [-0.2, 0) is 24.8 Å². The van der Waals surface area contributed by atoms with Gasteiger partial charge in [-0.15, -0.1) is 0 Å². The molecule has 0 bridgehead atoms. The zero-order valence-corrected chi connectivity index (χ0v) is 11.7. The molecule has 0 unspecified atom stereocenters. The van der Waals surface area contributed by atoms with Crippen molar-refractivity contribution in [2.24, 2.45) is 7.05 Å². The van der Waals surface area contributed by atoms with E-state index >= 15 is 0 Å². The molecule has 19 heavy (non-hydrogen) atoms. The van der Waals surface area contributed by atoms with E-state index in [1.807, 2.05) is 17.8 Å². The Hall–Kier alpha value is -1.66. The molecule has 2 rings (SSSR count). The molecule has 102 valence electrons. The van der Waals surface area contributed by atoms with Crippen LogP contribution in [0.2, 0.25) is 5.15 Å². The molecule has 0 aliphatic rings. The van der Waals surface area contributed by atoms with Crippen molar-refractivity contribution in [3.63, 3.8) is 0 Å². The Bertz CT molecular complexity index is 543. The maximum absolute atomic E-state index is 5.93. The molecule has 1 N–H and O–H groups in total. The molecule has 0 aromatic carbocycles. The van der Waals surface area contributed by atoms with Gasteiger partial charge in [-0.2, -0.15) is 5.10 Å². The van der Waals surface area contributed by atoms with Gasteiger partial charge in [-0.3, -0.25) is 4.68 Å². The maximum atomic E-state index is 5.93. The zero-order valence-electron chi connectivity index (χ0n) is 10.9. The fourth-order valence-corrected chi connectivity index (χ4v) is 1.91. The number of aromatic nitrogens is 4. The average Bonchev–Trinajstić information content (AvgIpc) is 2.75. The van der Waals surface area contributed by atoms with E-state index in [9.17, 15) is 0 Å². The minimum atomic E-state index is 0.344. The van der Waals surface area contributed by atoms with Crippen molar-refractivity contribution >= 4 is 17.4 Å². The summed E-state index contributed by atoms with van der Waals surface area (Å²) in [5.74, 6) is 1.27. The minimum absolute atomic E-state index is 0.344. The first-order chi connectivity index (χ1) is 9.19. The molecule has 0 fully saturated rings. The highest BCUT2D eigenvalue weighted by molar-refractivity contribution is 6.29. The average molecular weight is 282 g/mol. The van der Waals surface area contributed by atoms with E-state index in [4.69, 9.17) is 16.3 Å². The van der Waals surface area contributed by atoms with E-state index in [0.717, 1.165) is 18.7 Å². The van der Waals surface area contributed by atoms with Crippen LogP contribution in [0.1, 0.15) is 11.5 Å². The number of ether oxygens (including phenoxy) is 1. The lowest BCUT2D eigenvalue weighted by Crippen LogP contribution is -2.10. The number of methoxy groups -OCH3 is 1. The van der Waals surface area contributed by atoms with Crippen LogP contribution < -0.4 is 5.32 Å². The van der Waals surface area contributed by atoms with Crippen LogP contribution in [0.3, 0.4) is 0 Å². The molecule has 0 spiro atoms. The summed E-state index contributed by atoms with van der Waals surface area (Å²) in [7, 11) is 3.52. The molecule has 2 heterocycles. The summed E-state index contributed by atoms with van der Waals surface area (Å²) in [5, 5.41) is 7.75. The SMILES string of the molecule is COCc1nc(Cl)cc(NCCc2ccnn2C)n1. The molecular formula is C12H16ClN5O. The third kappa shape index (κ3) is 3.90. The van der Waals surface area contributed by atoms with Gasteiger partial charge in [0.1, 0.15) is 17.6 Å². The summed E-state index contributed by atoms with van der Waals surface area (Å²) in [6.45, 7) is 1.09. The fourth-order valence-electron chi connectivity index (χ4n) is 1.71. The Morgan fingerprint density at radius 1 is 1.42 bits per heavy atom. The van der Waals surface area contributed by atoms with Crippen LogP contribution in [0.4, 0.5) is 5.82 Å². The van der Waals surface area contributed by atoms with Crippen LogP contribution in [0, 0.1) is 0 Å². The zero-order chi connectivity index (χ0) is 13.7. The first-order valence-corrected chi connectivity index (χ1v) is 6.30. The molecule has 0 aliphatic heterocycles. The monoisotopic (exact) mass is 281 g/mol. The van der Waals surface area contributed by atoms with Crippen molar-refractivity contribution in [2.45, 2.75) is 13.0 Å². The predicted molar refractivity (Wildman–Crippen MR) is 73.2 cm³/mol. The lowest BCUT2D eigenvalue weighted by atomic mass is 10.3. The van der Waals surface area contributed by atoms with E-state index in [1.165, 1.54) is 0 Å². The maximum Gasteiger partial charge on any atom is 0.158 e. The Morgan fingerprint density at radius 2 is 2.26 bits per heavy atom. The lowest BCUT2D eigenvalue weighted by molar-refractivity contribution is 0.178. The molecule has 0 amide bonds. The number of hydrogen-bond acceptors (Lipinski definition) is 5. The quantitative estimate of drug-likeness (QED) is 0.816. The van der Waals surface area contributed by atoms with Gasteiger partial charge in [0, 0.05) is 45.1 Å². The van der Waals surface area contributed by atoms with Crippen LogP contribution in [0.25, 0.3) is 0 Å². The number of nitrogens with zero attached hydrogens (tertiary/aromatic N) is 4. The van der Waals surface area contributed by atoms with E-state index in [-0.39, 0.29) is 0 Å². The standard InChI is InChI=1S/C12H16ClN5O/c1-18-9(4-6-15-18)3-5-14-11-7-10(13)16-12(17-11)8-19-2/h4,6-7H,3,5,8H2,1-2H3,(H,14,16,17). The summed E-state index contributed by atoms with van der Waals surface area (Å²) >= 11 is 5.93. The van der Waals surface area contributed by atoms with Crippen molar-refractivity contribution in [1.29, 1.82) is 0 Å². The first-order valence-electron chi connectivity index (χ1n) is 5.92. The van der Waals surface area contributed by atoms with Crippen LogP contribution >= 0.6 is 11.6 Å². The Kier molecular flexibility index (Phi) is 4.70. The molecule has 2 aromatic rings. The summed E-state index contributed by atoms with van der Waals surface area (Å²) in [6.07, 6.45) is 2.64. The molecule has 7 heteroatoms. The third-order valence-corrected chi connectivity index (χ3v) is 2.82. The normalized spacial score (nSPS) is 10.7. The number of hydrogen-bond donors (Lipinski definition) is 1. The molecule has 0 aliphatic carbocycles. The number of rotatable bonds is 6. The lowest BCUT2D eigenvalue weighted by Gasteiger charge is -2.07. The highest BCUT2D eigenvalue weighted by atomic mass is 35.5. The van der Waals surface area contributed by atoms with Gasteiger partial charge in [0.05, 0.1) is 0 Å². The smallest absolute Gasteiger partial charge is 0.158 e. The van der Waals surface area contributed by atoms with E-state index in [1.54, 1.807) is 19.4 Å². The Balaban J connectivity index is 1.94. The van der Waals surface area contributed by atoms with Crippen molar-refractivity contribution in [3.8, 4) is 0 Å². The van der Waals surface area contributed by atoms with Crippen molar-refractivity contribution in [2.75, 3.05) is 19.0 Å². The van der Waals surface area contributed by atoms with Crippen molar-refractivity contribution in [3.05, 3.63) is 35.0 Å². The van der Waals surface area contributed by atoms with Crippen molar-refractivity contribution < 1.29 is 4.74 Å². The van der Waals surface area contributed by atoms with Gasteiger partial charge < -0.3 is 10.1 Å². The molecular weight excluding hydrogens is 266 g/mol. The second-order valence-electron chi connectivity index (χ2n) is 4.05. The number of anilines is 1. The number of nitrogens with one attached hydrogen (secondary N) is 1. The van der Waals surface area contributed by atoms with E-state index in [2.05, 4.69) is 20.4 Å². The first kappa shape index (κ1) is 13.8. The number of aryl methyl sites for hydroxylation is 1.